The maximum atomic E-state index is 2.61. The molecule has 0 heterocycles. The number of hydrogen-bond acceptors (Lipinski definition) is 0. The van der Waals surface area contributed by atoms with E-state index in [2.05, 4.69) is 76.4 Å². The van der Waals surface area contributed by atoms with E-state index in [9.17, 15) is 0 Å². The van der Waals surface area contributed by atoms with E-state index in [0.717, 1.165) is 0 Å². The highest BCUT2D eigenvalue weighted by atomic mass is 28.3. The maximum Gasteiger partial charge on any atom is 0.0766 e. The first-order chi connectivity index (χ1) is 6.81. The summed E-state index contributed by atoms with van der Waals surface area (Å²) in [5.74, 6) is 0. The van der Waals surface area contributed by atoms with Crippen molar-refractivity contribution >= 4 is 24.2 Å². The summed E-state index contributed by atoms with van der Waals surface area (Å²) in [6.07, 6.45) is 2.46. The van der Waals surface area contributed by atoms with E-state index in [-0.39, 0.29) is 0 Å². The van der Waals surface area contributed by atoms with E-state index in [1.165, 1.54) is 0 Å². The van der Waals surface area contributed by atoms with Crippen LogP contribution in [-0.4, -0.2) is 24.2 Å². The minimum Gasteiger partial charge on any atom is -0.0957 e. The first-order valence-electron chi connectivity index (χ1n) is 6.24. The van der Waals surface area contributed by atoms with Crippen molar-refractivity contribution in [2.24, 2.45) is 0 Å². The summed E-state index contributed by atoms with van der Waals surface area (Å²) in [7, 11) is -3.31. The van der Waals surface area contributed by atoms with Gasteiger partial charge in [0.1, 0.15) is 0 Å². The Hall–Kier alpha value is 0.131. The van der Waals surface area contributed by atoms with E-state index in [1.807, 2.05) is 0 Å². The molecule has 0 fully saturated rings. The molecular weight excluding hydrogens is 240 g/mol. The Kier molecular flexibility index (Phi) is 5.23. The van der Waals surface area contributed by atoms with Crippen LogP contribution in [0.3, 0.4) is 0 Å². The average molecular weight is 271 g/mol. The number of rotatable bonds is 4. The SMILES string of the molecule is C[Si](C)(C)/C=C\C(=C\[Si](C)(C)C)[Si](C)(C)C. The highest BCUT2D eigenvalue weighted by molar-refractivity contribution is 6.88. The molecule has 0 amide bonds. The number of allylic oxidation sites excluding steroid dienone is 2. The highest BCUT2D eigenvalue weighted by Gasteiger charge is 2.21. The standard InChI is InChI=1S/C13H30Si3/c1-14(2,3)11-10-13(16(7,8)9)12-15(4,5)6/h10-12H,1-9H3/b11-10-,13-12-. The third-order valence-corrected chi connectivity index (χ3v) is 6.89. The lowest BCUT2D eigenvalue weighted by Gasteiger charge is -2.23. The van der Waals surface area contributed by atoms with Crippen molar-refractivity contribution in [1.82, 2.24) is 0 Å². The van der Waals surface area contributed by atoms with Crippen LogP contribution in [0.25, 0.3) is 0 Å². The molecule has 0 nitrogen and oxygen atoms in total. The molecule has 0 spiro atoms. The fourth-order valence-corrected chi connectivity index (χ4v) is 6.81. The molecule has 0 N–H and O–H groups in total. The number of hydrogen-bond donors (Lipinski definition) is 0. The molecule has 3 heteroatoms. The van der Waals surface area contributed by atoms with Crippen molar-refractivity contribution < 1.29 is 0 Å². The monoisotopic (exact) mass is 270 g/mol. The van der Waals surface area contributed by atoms with Crippen LogP contribution in [0.1, 0.15) is 0 Å². The van der Waals surface area contributed by atoms with Gasteiger partial charge in [0.25, 0.3) is 0 Å². The van der Waals surface area contributed by atoms with Gasteiger partial charge in [0.05, 0.1) is 24.2 Å². The van der Waals surface area contributed by atoms with Gasteiger partial charge >= 0.3 is 0 Å². The zero-order valence-electron chi connectivity index (χ0n) is 12.7. The third kappa shape index (κ3) is 8.30. The van der Waals surface area contributed by atoms with Crippen molar-refractivity contribution in [3.05, 3.63) is 22.7 Å². The van der Waals surface area contributed by atoms with Crippen LogP contribution in [0, 0.1) is 0 Å². The topological polar surface area (TPSA) is 0 Å². The van der Waals surface area contributed by atoms with E-state index in [4.69, 9.17) is 0 Å². The summed E-state index contributed by atoms with van der Waals surface area (Å²) in [6, 6.07) is 0. The van der Waals surface area contributed by atoms with Gasteiger partial charge in [0.15, 0.2) is 0 Å². The molecule has 0 aromatic rings. The second kappa shape index (κ2) is 5.19. The first kappa shape index (κ1) is 16.1. The van der Waals surface area contributed by atoms with Crippen LogP contribution in [0.5, 0.6) is 0 Å². The van der Waals surface area contributed by atoms with E-state index in [1.54, 1.807) is 5.20 Å². The fraction of sp³-hybridized carbons (Fsp3) is 0.692. The first-order valence-corrected chi connectivity index (χ1v) is 16.9. The molecule has 0 rings (SSSR count). The molecule has 0 aliphatic carbocycles. The normalized spacial score (nSPS) is 15.9. The van der Waals surface area contributed by atoms with Gasteiger partial charge in [-0.3, -0.25) is 0 Å². The van der Waals surface area contributed by atoms with Gasteiger partial charge in [-0.15, -0.1) is 0 Å². The van der Waals surface area contributed by atoms with Crippen LogP contribution in [0.4, 0.5) is 0 Å². The molecule has 0 aliphatic heterocycles. The lowest BCUT2D eigenvalue weighted by molar-refractivity contribution is 1.63. The second-order valence-electron chi connectivity index (χ2n) is 7.92. The van der Waals surface area contributed by atoms with Gasteiger partial charge in [0, 0.05) is 0 Å². The quantitative estimate of drug-likeness (QED) is 0.492. The van der Waals surface area contributed by atoms with Gasteiger partial charge in [-0.2, -0.15) is 0 Å². The van der Waals surface area contributed by atoms with Crippen molar-refractivity contribution in [1.29, 1.82) is 0 Å². The van der Waals surface area contributed by atoms with Crippen molar-refractivity contribution in [3.63, 3.8) is 0 Å². The van der Waals surface area contributed by atoms with Crippen LogP contribution in [0.2, 0.25) is 58.9 Å². The molecule has 0 saturated heterocycles. The fourth-order valence-electron chi connectivity index (χ4n) is 1.32. The molecule has 16 heavy (non-hydrogen) atoms. The molecule has 0 aromatic heterocycles. The van der Waals surface area contributed by atoms with Crippen molar-refractivity contribution in [2.75, 3.05) is 0 Å². The summed E-state index contributed by atoms with van der Waals surface area (Å²) in [6.45, 7) is 21.8. The summed E-state index contributed by atoms with van der Waals surface area (Å²) in [4.78, 5) is 0. The molecule has 0 atom stereocenters. The summed E-state index contributed by atoms with van der Waals surface area (Å²) >= 11 is 0. The van der Waals surface area contributed by atoms with Gasteiger partial charge in [0.2, 0.25) is 0 Å². The Bertz CT molecular complexity index is 280. The van der Waals surface area contributed by atoms with Crippen molar-refractivity contribution in [3.8, 4) is 0 Å². The van der Waals surface area contributed by atoms with Crippen LogP contribution >= 0.6 is 0 Å². The van der Waals surface area contributed by atoms with Crippen LogP contribution in [-0.2, 0) is 0 Å². The Balaban J connectivity index is 5.16. The molecule has 0 bridgehead atoms. The molecule has 0 saturated carbocycles. The molecule has 0 aromatic carbocycles. The second-order valence-corrected chi connectivity index (χ2v) is 23.1. The Morgan fingerprint density at radius 2 is 1.12 bits per heavy atom. The Morgan fingerprint density at radius 3 is 1.38 bits per heavy atom. The Labute approximate surface area is 106 Å². The largest absolute Gasteiger partial charge is 0.0957 e. The smallest absolute Gasteiger partial charge is 0.0766 e. The van der Waals surface area contributed by atoms with E-state index < -0.39 is 24.2 Å². The summed E-state index contributed by atoms with van der Waals surface area (Å²) in [5.41, 5.74) is 5.10. The molecule has 94 valence electrons. The van der Waals surface area contributed by atoms with Gasteiger partial charge in [-0.25, -0.2) is 0 Å². The zero-order valence-corrected chi connectivity index (χ0v) is 15.7. The average Bonchev–Trinajstić information content (AvgIpc) is 1.91. The van der Waals surface area contributed by atoms with E-state index >= 15 is 0 Å². The molecular formula is C13H30Si3. The lowest BCUT2D eigenvalue weighted by Crippen LogP contribution is -2.28. The van der Waals surface area contributed by atoms with Crippen molar-refractivity contribution in [2.45, 2.75) is 58.9 Å². The predicted molar refractivity (Wildman–Crippen MR) is 87.3 cm³/mol. The summed E-state index contributed by atoms with van der Waals surface area (Å²) in [5, 5.41) is 1.66. The Morgan fingerprint density at radius 1 is 0.688 bits per heavy atom. The van der Waals surface area contributed by atoms with Gasteiger partial charge < -0.3 is 0 Å². The molecule has 0 unspecified atom stereocenters. The molecule has 0 radical (unpaired) electrons. The zero-order chi connectivity index (χ0) is 13.2. The van der Waals surface area contributed by atoms with Crippen LogP contribution < -0.4 is 0 Å². The van der Waals surface area contributed by atoms with Gasteiger partial charge in [-0.05, 0) is 0 Å². The highest BCUT2D eigenvalue weighted by Crippen LogP contribution is 2.20. The van der Waals surface area contributed by atoms with E-state index in [0.29, 0.717) is 0 Å². The predicted octanol–water partition coefficient (Wildman–Crippen LogP) is 5.10. The lowest BCUT2D eigenvalue weighted by atomic mass is 10.6. The van der Waals surface area contributed by atoms with Crippen LogP contribution in [0.15, 0.2) is 22.7 Å². The van der Waals surface area contributed by atoms with Gasteiger partial charge in [-0.1, -0.05) is 81.6 Å². The molecule has 0 aliphatic rings. The summed E-state index contributed by atoms with van der Waals surface area (Å²) < 4.78 is 0. The third-order valence-electron chi connectivity index (χ3n) is 2.22. The minimum atomic E-state index is -1.16. The maximum absolute atomic E-state index is 2.61. The minimum absolute atomic E-state index is 1.06.